The maximum Gasteiger partial charge on any atom is 0.231 e. The molecule has 142 valence electrons. The number of benzene rings is 1. The molecule has 0 spiro atoms. The van der Waals surface area contributed by atoms with Crippen LogP contribution in [-0.4, -0.2) is 35.8 Å². The second kappa shape index (κ2) is 8.03. The molecule has 0 radical (unpaired) electrons. The van der Waals surface area contributed by atoms with Crippen LogP contribution in [0.25, 0.3) is 11.3 Å². The minimum Gasteiger partial charge on any atom is -0.441 e. The number of oxazole rings is 1. The number of hydrogen-bond donors (Lipinski definition) is 2. The zero-order chi connectivity index (χ0) is 19.4. The molecule has 9 nitrogen and oxygen atoms in total. The molecule has 27 heavy (non-hydrogen) atoms. The van der Waals surface area contributed by atoms with E-state index in [0.29, 0.717) is 16.7 Å². The van der Waals surface area contributed by atoms with Gasteiger partial charge in [0.05, 0.1) is 17.5 Å². The van der Waals surface area contributed by atoms with Gasteiger partial charge in [0.1, 0.15) is 0 Å². The maximum atomic E-state index is 12.0. The van der Waals surface area contributed by atoms with Crippen LogP contribution < -0.4 is 10.0 Å². The molecule has 0 fully saturated rings. The van der Waals surface area contributed by atoms with Crippen LogP contribution in [0.1, 0.15) is 12.3 Å². The number of anilines is 2. The van der Waals surface area contributed by atoms with Crippen molar-refractivity contribution in [2.45, 2.75) is 12.8 Å². The molecule has 1 aromatic carbocycles. The molecule has 0 unspecified atom stereocenters. The molecular weight excluding hydrogens is 414 g/mol. The molecule has 0 atom stereocenters. The largest absolute Gasteiger partial charge is 0.441 e. The van der Waals surface area contributed by atoms with E-state index in [-0.39, 0.29) is 29.0 Å². The van der Waals surface area contributed by atoms with Gasteiger partial charge in [0.25, 0.3) is 0 Å². The van der Waals surface area contributed by atoms with Crippen LogP contribution in [0.15, 0.2) is 34.9 Å². The molecule has 0 aliphatic heterocycles. The Morgan fingerprint density at radius 3 is 2.74 bits per heavy atom. The average molecular weight is 428 g/mol. The average Bonchev–Trinajstić information content (AvgIpc) is 3.21. The second-order valence-electron chi connectivity index (χ2n) is 5.43. The molecular formula is C15H14ClN5O4S2. The van der Waals surface area contributed by atoms with Gasteiger partial charge in [-0.15, -0.1) is 10.2 Å². The summed E-state index contributed by atoms with van der Waals surface area (Å²) in [5, 5.41) is 10.7. The number of halogens is 1. The van der Waals surface area contributed by atoms with Crippen molar-refractivity contribution in [2.75, 3.05) is 16.3 Å². The van der Waals surface area contributed by atoms with Gasteiger partial charge in [-0.1, -0.05) is 35.1 Å². The Labute approximate surface area is 163 Å². The van der Waals surface area contributed by atoms with Gasteiger partial charge in [-0.05, 0) is 12.1 Å². The number of carbonyl (C=O) groups is 1. The van der Waals surface area contributed by atoms with Gasteiger partial charge in [-0.3, -0.25) is 9.52 Å². The lowest BCUT2D eigenvalue weighted by molar-refractivity contribution is -0.116. The summed E-state index contributed by atoms with van der Waals surface area (Å²) in [6, 6.07) is 7.22. The highest BCUT2D eigenvalue weighted by molar-refractivity contribution is 7.92. The predicted octanol–water partition coefficient (Wildman–Crippen LogP) is 2.79. The van der Waals surface area contributed by atoms with E-state index in [0.717, 1.165) is 23.2 Å². The Hall–Kier alpha value is -2.50. The highest BCUT2D eigenvalue weighted by Gasteiger charge is 2.13. The third-order valence-corrected chi connectivity index (χ3v) is 4.98. The molecule has 12 heteroatoms. The summed E-state index contributed by atoms with van der Waals surface area (Å²) in [6.07, 6.45) is 2.95. The van der Waals surface area contributed by atoms with E-state index in [1.165, 1.54) is 0 Å². The van der Waals surface area contributed by atoms with Crippen LogP contribution in [0.2, 0.25) is 5.02 Å². The van der Waals surface area contributed by atoms with Crippen LogP contribution in [0, 0.1) is 0 Å². The van der Waals surface area contributed by atoms with E-state index in [1.54, 1.807) is 12.3 Å². The summed E-state index contributed by atoms with van der Waals surface area (Å²) in [5.41, 5.74) is 0.724. The topological polar surface area (TPSA) is 127 Å². The van der Waals surface area contributed by atoms with Crippen molar-refractivity contribution in [1.82, 2.24) is 15.2 Å². The molecule has 0 aliphatic carbocycles. The molecule has 0 aliphatic rings. The third-order valence-electron chi connectivity index (χ3n) is 3.20. The standard InChI is InChI=1S/C15H14ClN5O4S2/c1-27(23,24)21-15-20-19-14(26-15)18-12(22)6-7-13-17-8-11(25-13)9-4-2-3-5-10(9)16/h2-5,8H,6-7H2,1H3,(H,20,21)(H,18,19,22). The summed E-state index contributed by atoms with van der Waals surface area (Å²) in [7, 11) is -3.45. The second-order valence-corrected chi connectivity index (χ2v) is 8.57. The molecule has 3 rings (SSSR count). The number of amides is 1. The lowest BCUT2D eigenvalue weighted by Gasteiger charge is -2.00. The van der Waals surface area contributed by atoms with Gasteiger partial charge in [-0.2, -0.15) is 0 Å². The smallest absolute Gasteiger partial charge is 0.231 e. The summed E-state index contributed by atoms with van der Waals surface area (Å²) in [5.74, 6) is 0.600. The SMILES string of the molecule is CS(=O)(=O)Nc1nnc(NC(=O)CCc2ncc(-c3ccccc3Cl)o2)s1. The van der Waals surface area contributed by atoms with E-state index >= 15 is 0 Å². The fourth-order valence-corrected chi connectivity index (χ4v) is 3.81. The molecule has 0 bridgehead atoms. The Morgan fingerprint density at radius 2 is 2.00 bits per heavy atom. The van der Waals surface area contributed by atoms with Gasteiger partial charge in [0.15, 0.2) is 11.7 Å². The molecule has 1 amide bonds. The van der Waals surface area contributed by atoms with Crippen molar-refractivity contribution in [1.29, 1.82) is 0 Å². The van der Waals surface area contributed by atoms with E-state index in [9.17, 15) is 13.2 Å². The summed E-state index contributed by atoms with van der Waals surface area (Å²) < 4.78 is 30.1. The normalized spacial score (nSPS) is 11.3. The molecule has 2 N–H and O–H groups in total. The quantitative estimate of drug-likeness (QED) is 0.593. The summed E-state index contributed by atoms with van der Waals surface area (Å²) in [4.78, 5) is 16.2. The monoisotopic (exact) mass is 427 g/mol. The number of aromatic nitrogens is 3. The number of rotatable bonds is 7. The Kier molecular flexibility index (Phi) is 5.73. The van der Waals surface area contributed by atoms with Crippen LogP contribution >= 0.6 is 22.9 Å². The van der Waals surface area contributed by atoms with Gasteiger partial charge >= 0.3 is 0 Å². The van der Waals surface area contributed by atoms with Crippen LogP contribution in [0.5, 0.6) is 0 Å². The van der Waals surface area contributed by atoms with Crippen LogP contribution in [-0.2, 0) is 21.2 Å². The van der Waals surface area contributed by atoms with Crippen LogP contribution in [0.4, 0.5) is 10.3 Å². The number of nitrogens with one attached hydrogen (secondary N) is 2. The Morgan fingerprint density at radius 1 is 1.26 bits per heavy atom. The zero-order valence-electron chi connectivity index (χ0n) is 14.0. The maximum absolute atomic E-state index is 12.0. The van der Waals surface area contributed by atoms with Crippen molar-refractivity contribution < 1.29 is 17.6 Å². The molecule has 3 aromatic rings. The predicted molar refractivity (Wildman–Crippen MR) is 102 cm³/mol. The number of hydrogen-bond acceptors (Lipinski definition) is 8. The number of aryl methyl sites for hydroxylation is 1. The van der Waals surface area contributed by atoms with Crippen molar-refractivity contribution in [2.24, 2.45) is 0 Å². The van der Waals surface area contributed by atoms with Gasteiger partial charge in [-0.25, -0.2) is 13.4 Å². The van der Waals surface area contributed by atoms with Crippen molar-refractivity contribution >= 4 is 49.1 Å². The van der Waals surface area contributed by atoms with Crippen molar-refractivity contribution in [3.8, 4) is 11.3 Å². The molecule has 0 saturated heterocycles. The molecule has 2 heterocycles. The van der Waals surface area contributed by atoms with E-state index in [4.69, 9.17) is 16.0 Å². The number of carbonyl (C=O) groups excluding carboxylic acids is 1. The van der Waals surface area contributed by atoms with Crippen LogP contribution in [0.3, 0.4) is 0 Å². The highest BCUT2D eigenvalue weighted by Crippen LogP contribution is 2.28. The fourth-order valence-electron chi connectivity index (χ4n) is 2.09. The third kappa shape index (κ3) is 5.49. The van der Waals surface area contributed by atoms with Crippen molar-refractivity contribution in [3.05, 3.63) is 41.4 Å². The minimum atomic E-state index is -3.45. The van der Waals surface area contributed by atoms with Gasteiger partial charge < -0.3 is 9.73 Å². The first-order valence-electron chi connectivity index (χ1n) is 7.61. The molecule has 0 saturated carbocycles. The first-order chi connectivity index (χ1) is 12.8. The first-order valence-corrected chi connectivity index (χ1v) is 10.7. The fraction of sp³-hybridized carbons (Fsp3) is 0.200. The zero-order valence-corrected chi connectivity index (χ0v) is 16.4. The number of sulfonamides is 1. The molecule has 2 aromatic heterocycles. The van der Waals surface area contributed by atoms with E-state index in [1.807, 2.05) is 18.2 Å². The van der Waals surface area contributed by atoms with E-state index in [2.05, 4.69) is 25.2 Å². The Balaban J connectivity index is 1.55. The minimum absolute atomic E-state index is 0.0740. The van der Waals surface area contributed by atoms with Gasteiger partial charge in [0, 0.05) is 18.4 Å². The first kappa shape index (κ1) is 19.3. The lowest BCUT2D eigenvalue weighted by atomic mass is 10.2. The van der Waals surface area contributed by atoms with Crippen molar-refractivity contribution in [3.63, 3.8) is 0 Å². The number of nitrogens with zero attached hydrogens (tertiary/aromatic N) is 3. The Bertz CT molecular complexity index is 1060. The van der Waals surface area contributed by atoms with E-state index < -0.39 is 10.0 Å². The van der Waals surface area contributed by atoms with Gasteiger partial charge in [0.2, 0.25) is 26.2 Å². The highest BCUT2D eigenvalue weighted by atomic mass is 35.5. The summed E-state index contributed by atoms with van der Waals surface area (Å²) >= 11 is 7.04. The summed E-state index contributed by atoms with van der Waals surface area (Å²) in [6.45, 7) is 0. The lowest BCUT2D eigenvalue weighted by Crippen LogP contribution is -2.12.